The van der Waals surface area contributed by atoms with Gasteiger partial charge in [-0.25, -0.2) is 4.98 Å². The lowest BCUT2D eigenvalue weighted by molar-refractivity contribution is 0.0938. The predicted molar refractivity (Wildman–Crippen MR) is 86.7 cm³/mol. The highest BCUT2D eigenvalue weighted by Crippen LogP contribution is 2.23. The van der Waals surface area contributed by atoms with E-state index >= 15 is 0 Å². The van der Waals surface area contributed by atoms with Gasteiger partial charge < -0.3 is 5.32 Å². The molecule has 1 aliphatic rings. The molecule has 0 bridgehead atoms. The van der Waals surface area contributed by atoms with E-state index in [1.165, 1.54) is 12.8 Å². The maximum Gasteiger partial charge on any atom is 0.251 e. The zero-order valence-corrected chi connectivity index (χ0v) is 13.1. The van der Waals surface area contributed by atoms with Gasteiger partial charge in [0, 0.05) is 22.5 Å². The third-order valence-corrected chi connectivity index (χ3v) is 4.98. The SMILES string of the molecule is CCc1nc(-c2ccc(C(=O)NC3CCCC3)cc2)cs1. The number of nitrogens with zero attached hydrogens (tertiary/aromatic N) is 1. The molecule has 0 atom stereocenters. The van der Waals surface area contributed by atoms with Crippen LogP contribution in [0.4, 0.5) is 0 Å². The van der Waals surface area contributed by atoms with E-state index < -0.39 is 0 Å². The Morgan fingerprint density at radius 3 is 2.62 bits per heavy atom. The molecule has 1 aromatic heterocycles. The normalized spacial score (nSPS) is 15.3. The van der Waals surface area contributed by atoms with Crippen molar-refractivity contribution in [3.8, 4) is 11.3 Å². The molecule has 1 N–H and O–H groups in total. The van der Waals surface area contributed by atoms with Crippen LogP contribution >= 0.6 is 11.3 Å². The van der Waals surface area contributed by atoms with Crippen molar-refractivity contribution in [1.29, 1.82) is 0 Å². The molecule has 0 radical (unpaired) electrons. The van der Waals surface area contributed by atoms with Crippen LogP contribution in [0.25, 0.3) is 11.3 Å². The molecule has 3 rings (SSSR count). The van der Waals surface area contributed by atoms with Crippen LogP contribution in [0.2, 0.25) is 0 Å². The molecule has 1 heterocycles. The monoisotopic (exact) mass is 300 g/mol. The highest BCUT2D eigenvalue weighted by atomic mass is 32.1. The Morgan fingerprint density at radius 2 is 2.00 bits per heavy atom. The number of hydrogen-bond acceptors (Lipinski definition) is 3. The van der Waals surface area contributed by atoms with E-state index in [2.05, 4.69) is 22.6 Å². The number of thiazole rings is 1. The van der Waals surface area contributed by atoms with Crippen molar-refractivity contribution < 1.29 is 4.79 Å². The standard InChI is InChI=1S/C17H20N2OS/c1-2-16-19-15(11-21-16)12-7-9-13(10-8-12)17(20)18-14-5-3-4-6-14/h7-11,14H,2-6H2,1H3,(H,18,20). The maximum atomic E-state index is 12.2. The molecule has 4 heteroatoms. The minimum atomic E-state index is 0.0426. The molecule has 1 saturated carbocycles. The van der Waals surface area contributed by atoms with Crippen molar-refractivity contribution in [2.45, 2.75) is 45.1 Å². The van der Waals surface area contributed by atoms with E-state index in [1.807, 2.05) is 24.3 Å². The van der Waals surface area contributed by atoms with Crippen LogP contribution in [0, 0.1) is 0 Å². The number of aryl methyl sites for hydroxylation is 1. The summed E-state index contributed by atoms with van der Waals surface area (Å²) in [7, 11) is 0. The fourth-order valence-corrected chi connectivity index (χ4v) is 3.49. The van der Waals surface area contributed by atoms with Crippen molar-refractivity contribution >= 4 is 17.2 Å². The van der Waals surface area contributed by atoms with Crippen LogP contribution in [0.5, 0.6) is 0 Å². The molecule has 1 amide bonds. The number of carbonyl (C=O) groups is 1. The molecule has 0 unspecified atom stereocenters. The molecule has 1 fully saturated rings. The Labute approximate surface area is 129 Å². The number of benzene rings is 1. The van der Waals surface area contributed by atoms with E-state index in [0.717, 1.165) is 41.1 Å². The number of hydrogen-bond donors (Lipinski definition) is 1. The molecule has 1 aromatic carbocycles. The lowest BCUT2D eigenvalue weighted by Crippen LogP contribution is -2.32. The van der Waals surface area contributed by atoms with Crippen LogP contribution in [0.15, 0.2) is 29.6 Å². The molecular formula is C17H20N2OS. The maximum absolute atomic E-state index is 12.2. The molecule has 0 spiro atoms. The average molecular weight is 300 g/mol. The number of nitrogens with one attached hydrogen (secondary N) is 1. The summed E-state index contributed by atoms with van der Waals surface area (Å²) >= 11 is 1.69. The molecular weight excluding hydrogens is 280 g/mol. The van der Waals surface area contributed by atoms with Gasteiger partial charge in [-0.05, 0) is 31.4 Å². The smallest absolute Gasteiger partial charge is 0.251 e. The Kier molecular flexibility index (Phi) is 4.34. The topological polar surface area (TPSA) is 42.0 Å². The minimum absolute atomic E-state index is 0.0426. The first-order valence-electron chi connectivity index (χ1n) is 7.62. The van der Waals surface area contributed by atoms with Crippen LogP contribution < -0.4 is 5.32 Å². The van der Waals surface area contributed by atoms with Gasteiger partial charge in [0.2, 0.25) is 0 Å². The van der Waals surface area contributed by atoms with Gasteiger partial charge >= 0.3 is 0 Å². The highest BCUT2D eigenvalue weighted by molar-refractivity contribution is 7.09. The zero-order valence-electron chi connectivity index (χ0n) is 12.3. The average Bonchev–Trinajstić information content (AvgIpc) is 3.18. The number of amides is 1. The molecule has 0 saturated heterocycles. The summed E-state index contributed by atoms with van der Waals surface area (Å²) in [4.78, 5) is 16.7. The van der Waals surface area contributed by atoms with Gasteiger partial charge in [-0.3, -0.25) is 4.79 Å². The number of carbonyl (C=O) groups excluding carboxylic acids is 1. The largest absolute Gasteiger partial charge is 0.349 e. The third kappa shape index (κ3) is 3.32. The third-order valence-electron chi connectivity index (χ3n) is 3.99. The Morgan fingerprint density at radius 1 is 1.29 bits per heavy atom. The first-order valence-corrected chi connectivity index (χ1v) is 8.50. The summed E-state index contributed by atoms with van der Waals surface area (Å²) in [5.74, 6) is 0.0426. The van der Waals surface area contributed by atoms with Gasteiger partial charge in [0.15, 0.2) is 0 Å². The molecule has 21 heavy (non-hydrogen) atoms. The second-order valence-corrected chi connectivity index (χ2v) is 6.45. The van der Waals surface area contributed by atoms with Crippen LogP contribution in [-0.2, 0) is 6.42 Å². The van der Waals surface area contributed by atoms with Gasteiger partial charge in [0.05, 0.1) is 10.7 Å². The van der Waals surface area contributed by atoms with Gasteiger partial charge in [0.25, 0.3) is 5.91 Å². The zero-order chi connectivity index (χ0) is 14.7. The van der Waals surface area contributed by atoms with Gasteiger partial charge in [-0.15, -0.1) is 11.3 Å². The van der Waals surface area contributed by atoms with E-state index in [1.54, 1.807) is 11.3 Å². The summed E-state index contributed by atoms with van der Waals surface area (Å²) in [6.45, 7) is 2.11. The van der Waals surface area contributed by atoms with E-state index in [-0.39, 0.29) is 5.91 Å². The fourth-order valence-electron chi connectivity index (χ4n) is 2.74. The second kappa shape index (κ2) is 6.39. The number of rotatable bonds is 4. The van der Waals surface area contributed by atoms with E-state index in [4.69, 9.17) is 0 Å². The Bertz CT molecular complexity index is 612. The molecule has 1 aliphatic carbocycles. The summed E-state index contributed by atoms with van der Waals surface area (Å²) in [6, 6.07) is 8.12. The Hall–Kier alpha value is -1.68. The lowest BCUT2D eigenvalue weighted by atomic mass is 10.1. The van der Waals surface area contributed by atoms with Crippen LogP contribution in [0.1, 0.15) is 48.0 Å². The van der Waals surface area contributed by atoms with Crippen molar-refractivity contribution in [1.82, 2.24) is 10.3 Å². The summed E-state index contributed by atoms with van der Waals surface area (Å²) in [5, 5.41) is 6.34. The predicted octanol–water partition coefficient (Wildman–Crippen LogP) is 4.04. The summed E-state index contributed by atoms with van der Waals surface area (Å²) in [5.41, 5.74) is 2.81. The van der Waals surface area contributed by atoms with E-state index in [0.29, 0.717) is 6.04 Å². The first-order chi connectivity index (χ1) is 10.3. The summed E-state index contributed by atoms with van der Waals surface area (Å²) in [6.07, 6.45) is 5.65. The van der Waals surface area contributed by atoms with Crippen LogP contribution in [-0.4, -0.2) is 16.9 Å². The first kappa shape index (κ1) is 14.3. The van der Waals surface area contributed by atoms with E-state index in [9.17, 15) is 4.79 Å². The van der Waals surface area contributed by atoms with Gasteiger partial charge in [-0.1, -0.05) is 31.9 Å². The fraction of sp³-hybridized carbons (Fsp3) is 0.412. The van der Waals surface area contributed by atoms with Crippen LogP contribution in [0.3, 0.4) is 0 Å². The van der Waals surface area contributed by atoms with Crippen molar-refractivity contribution in [2.75, 3.05) is 0 Å². The molecule has 0 aliphatic heterocycles. The van der Waals surface area contributed by atoms with Crippen molar-refractivity contribution in [3.63, 3.8) is 0 Å². The van der Waals surface area contributed by atoms with Crippen molar-refractivity contribution in [3.05, 3.63) is 40.2 Å². The second-order valence-electron chi connectivity index (χ2n) is 5.51. The van der Waals surface area contributed by atoms with Gasteiger partial charge in [-0.2, -0.15) is 0 Å². The molecule has 2 aromatic rings. The lowest BCUT2D eigenvalue weighted by Gasteiger charge is -2.11. The highest BCUT2D eigenvalue weighted by Gasteiger charge is 2.17. The number of aromatic nitrogens is 1. The molecule has 110 valence electrons. The molecule has 3 nitrogen and oxygen atoms in total. The quantitative estimate of drug-likeness (QED) is 0.925. The Balaban J connectivity index is 1.69. The van der Waals surface area contributed by atoms with Gasteiger partial charge in [0.1, 0.15) is 0 Å². The summed E-state index contributed by atoms with van der Waals surface area (Å²) < 4.78 is 0. The minimum Gasteiger partial charge on any atom is -0.349 e. The van der Waals surface area contributed by atoms with Crippen molar-refractivity contribution in [2.24, 2.45) is 0 Å².